The maximum Gasteiger partial charge on any atom is 0.325 e. The quantitative estimate of drug-likeness (QED) is 0.754. The summed E-state index contributed by atoms with van der Waals surface area (Å²) in [5.74, 6) is -0.140. The van der Waals surface area contributed by atoms with E-state index < -0.39 is 12.1 Å². The van der Waals surface area contributed by atoms with Crippen LogP contribution in [-0.2, 0) is 14.3 Å². The minimum absolute atomic E-state index is 0.0969. The summed E-state index contributed by atoms with van der Waals surface area (Å²) < 4.78 is 10.3. The number of esters is 1. The first-order valence-corrected chi connectivity index (χ1v) is 7.44. The highest BCUT2D eigenvalue weighted by atomic mass is 35.5. The zero-order chi connectivity index (χ0) is 16.9. The summed E-state index contributed by atoms with van der Waals surface area (Å²) in [5, 5.41) is 0.610. The van der Waals surface area contributed by atoms with E-state index in [0.29, 0.717) is 10.8 Å². The number of methoxy groups -OCH3 is 1. The summed E-state index contributed by atoms with van der Waals surface area (Å²) in [6.07, 6.45) is -0.716. The van der Waals surface area contributed by atoms with Crippen LogP contribution in [0.25, 0.3) is 0 Å². The molecule has 5 nitrogen and oxygen atoms in total. The molecule has 0 aliphatic carbocycles. The number of aryl methyl sites for hydroxylation is 1. The third-order valence-electron chi connectivity index (χ3n) is 3.22. The Hall–Kier alpha value is -1.75. The molecule has 22 heavy (non-hydrogen) atoms. The van der Waals surface area contributed by atoms with Crippen molar-refractivity contribution in [3.8, 4) is 5.75 Å². The van der Waals surface area contributed by atoms with Crippen molar-refractivity contribution < 1.29 is 19.1 Å². The van der Waals surface area contributed by atoms with Gasteiger partial charge in [0.1, 0.15) is 12.3 Å². The van der Waals surface area contributed by atoms with Crippen LogP contribution in [0.4, 0.5) is 0 Å². The summed E-state index contributed by atoms with van der Waals surface area (Å²) in [5.41, 5.74) is 0.844. The Balaban J connectivity index is 2.82. The van der Waals surface area contributed by atoms with E-state index in [0.717, 1.165) is 5.56 Å². The van der Waals surface area contributed by atoms with Gasteiger partial charge in [-0.05, 0) is 51.5 Å². The molecule has 1 amide bonds. The van der Waals surface area contributed by atoms with Gasteiger partial charge in [-0.1, -0.05) is 11.6 Å². The lowest BCUT2D eigenvalue weighted by atomic mass is 10.2. The van der Waals surface area contributed by atoms with Gasteiger partial charge < -0.3 is 14.4 Å². The number of halogens is 1. The Morgan fingerprint density at radius 2 is 1.91 bits per heavy atom. The zero-order valence-electron chi connectivity index (χ0n) is 13.6. The maximum absolute atomic E-state index is 12.5. The van der Waals surface area contributed by atoms with Crippen molar-refractivity contribution in [1.29, 1.82) is 0 Å². The largest absolute Gasteiger partial charge is 0.481 e. The third-order valence-corrected chi connectivity index (χ3v) is 3.46. The van der Waals surface area contributed by atoms with Gasteiger partial charge in [-0.2, -0.15) is 0 Å². The van der Waals surface area contributed by atoms with Gasteiger partial charge in [-0.3, -0.25) is 9.59 Å². The molecule has 0 aliphatic heterocycles. The van der Waals surface area contributed by atoms with Gasteiger partial charge in [0.05, 0.1) is 7.11 Å². The number of nitrogens with zero attached hydrogens (tertiary/aromatic N) is 1. The number of benzene rings is 1. The summed E-state index contributed by atoms with van der Waals surface area (Å²) in [7, 11) is 1.29. The zero-order valence-corrected chi connectivity index (χ0v) is 14.3. The number of hydrogen-bond donors (Lipinski definition) is 0. The minimum Gasteiger partial charge on any atom is -0.481 e. The predicted molar refractivity (Wildman–Crippen MR) is 85.1 cm³/mol. The molecule has 0 fully saturated rings. The van der Waals surface area contributed by atoms with Crippen molar-refractivity contribution >= 4 is 23.5 Å². The van der Waals surface area contributed by atoms with Gasteiger partial charge in [0.15, 0.2) is 6.10 Å². The smallest absolute Gasteiger partial charge is 0.325 e. The van der Waals surface area contributed by atoms with E-state index in [1.54, 1.807) is 25.1 Å². The average molecular weight is 328 g/mol. The molecule has 1 unspecified atom stereocenters. The highest BCUT2D eigenvalue weighted by Crippen LogP contribution is 2.23. The van der Waals surface area contributed by atoms with Crippen LogP contribution in [0.15, 0.2) is 18.2 Å². The van der Waals surface area contributed by atoms with Crippen molar-refractivity contribution in [3.63, 3.8) is 0 Å². The van der Waals surface area contributed by atoms with Crippen molar-refractivity contribution in [2.45, 2.75) is 39.8 Å². The minimum atomic E-state index is -0.716. The molecule has 0 bridgehead atoms. The Morgan fingerprint density at radius 3 is 2.41 bits per heavy atom. The highest BCUT2D eigenvalue weighted by molar-refractivity contribution is 6.30. The normalized spacial score (nSPS) is 12.0. The molecule has 0 radical (unpaired) electrons. The lowest BCUT2D eigenvalue weighted by molar-refractivity contribution is -0.151. The molecule has 0 aliphatic rings. The van der Waals surface area contributed by atoms with Crippen molar-refractivity contribution in [3.05, 3.63) is 28.8 Å². The monoisotopic (exact) mass is 327 g/mol. The Labute approximate surface area is 136 Å². The highest BCUT2D eigenvalue weighted by Gasteiger charge is 2.26. The van der Waals surface area contributed by atoms with Crippen molar-refractivity contribution in [2.24, 2.45) is 0 Å². The molecule has 0 saturated heterocycles. The number of amides is 1. The van der Waals surface area contributed by atoms with Crippen LogP contribution < -0.4 is 4.74 Å². The number of hydrogen-bond acceptors (Lipinski definition) is 4. The van der Waals surface area contributed by atoms with E-state index in [4.69, 9.17) is 16.3 Å². The first kappa shape index (κ1) is 18.3. The Bertz CT molecular complexity index is 545. The van der Waals surface area contributed by atoms with Gasteiger partial charge in [0.25, 0.3) is 5.91 Å². The SMILES string of the molecule is COC(=O)CN(C(=O)C(C)Oc1ccc(Cl)cc1C)C(C)C. The first-order valence-electron chi connectivity index (χ1n) is 7.06. The number of rotatable bonds is 6. The van der Waals surface area contributed by atoms with Crippen LogP contribution in [0.1, 0.15) is 26.3 Å². The lowest BCUT2D eigenvalue weighted by Crippen LogP contribution is -2.47. The molecule has 122 valence electrons. The second-order valence-corrected chi connectivity index (χ2v) is 5.74. The number of carbonyl (C=O) groups excluding carboxylic acids is 2. The van der Waals surface area contributed by atoms with Crippen LogP contribution in [0.3, 0.4) is 0 Å². The third kappa shape index (κ3) is 4.91. The van der Waals surface area contributed by atoms with Crippen molar-refractivity contribution in [1.82, 2.24) is 4.90 Å². The van der Waals surface area contributed by atoms with Crippen molar-refractivity contribution in [2.75, 3.05) is 13.7 Å². The van der Waals surface area contributed by atoms with E-state index in [-0.39, 0.29) is 18.5 Å². The molecule has 0 N–H and O–H groups in total. The van der Waals surface area contributed by atoms with Gasteiger partial charge in [0.2, 0.25) is 0 Å². The van der Waals surface area contributed by atoms with Gasteiger partial charge in [0, 0.05) is 11.1 Å². The van der Waals surface area contributed by atoms with Crippen LogP contribution in [0.5, 0.6) is 5.75 Å². The van der Waals surface area contributed by atoms with Gasteiger partial charge in [-0.25, -0.2) is 0 Å². The predicted octanol–water partition coefficient (Wildman–Crippen LogP) is 2.83. The molecular formula is C16H22ClNO4. The second-order valence-electron chi connectivity index (χ2n) is 5.31. The summed E-state index contributed by atoms with van der Waals surface area (Å²) >= 11 is 5.90. The average Bonchev–Trinajstić information content (AvgIpc) is 2.46. The van der Waals surface area contributed by atoms with E-state index in [9.17, 15) is 9.59 Å². The van der Waals surface area contributed by atoms with Crippen LogP contribution in [0, 0.1) is 6.92 Å². The van der Waals surface area contributed by atoms with Crippen LogP contribution in [-0.4, -0.2) is 42.6 Å². The summed E-state index contributed by atoms with van der Waals surface area (Å²) in [6.45, 7) is 7.08. The molecule has 0 spiro atoms. The van der Waals surface area contributed by atoms with Gasteiger partial charge >= 0.3 is 5.97 Å². The Morgan fingerprint density at radius 1 is 1.27 bits per heavy atom. The molecular weight excluding hydrogens is 306 g/mol. The standard InChI is InChI=1S/C16H22ClNO4/c1-10(2)18(9-15(19)21-5)16(20)12(4)22-14-7-6-13(17)8-11(14)3/h6-8,10,12H,9H2,1-5H3. The fourth-order valence-corrected chi connectivity index (χ4v) is 2.16. The molecule has 1 aromatic rings. The van der Waals surface area contributed by atoms with E-state index >= 15 is 0 Å². The molecule has 0 aromatic heterocycles. The fraction of sp³-hybridized carbons (Fsp3) is 0.500. The molecule has 1 atom stereocenters. The van der Waals surface area contributed by atoms with Crippen LogP contribution in [0.2, 0.25) is 5.02 Å². The number of ether oxygens (including phenoxy) is 2. The molecule has 6 heteroatoms. The molecule has 1 rings (SSSR count). The van der Waals surface area contributed by atoms with E-state index in [1.165, 1.54) is 12.0 Å². The molecule has 0 heterocycles. The lowest BCUT2D eigenvalue weighted by Gasteiger charge is -2.28. The first-order chi connectivity index (χ1) is 10.3. The summed E-state index contributed by atoms with van der Waals surface area (Å²) in [4.78, 5) is 25.4. The Kier molecular flexibility index (Phi) is 6.68. The fourth-order valence-electron chi connectivity index (χ4n) is 1.94. The molecule has 1 aromatic carbocycles. The van der Waals surface area contributed by atoms with Crippen LogP contribution >= 0.6 is 11.6 Å². The second kappa shape index (κ2) is 8.03. The molecule has 0 saturated carbocycles. The number of carbonyl (C=O) groups is 2. The van der Waals surface area contributed by atoms with E-state index in [1.807, 2.05) is 20.8 Å². The summed E-state index contributed by atoms with van der Waals surface area (Å²) in [6, 6.07) is 5.06. The maximum atomic E-state index is 12.5. The van der Waals surface area contributed by atoms with Gasteiger partial charge in [-0.15, -0.1) is 0 Å². The topological polar surface area (TPSA) is 55.8 Å². The van der Waals surface area contributed by atoms with E-state index in [2.05, 4.69) is 4.74 Å².